The number of hydrogen-bond acceptors (Lipinski definition) is 3. The average molecular weight is 220 g/mol. The first-order chi connectivity index (χ1) is 7.84. The van der Waals surface area contributed by atoms with Crippen molar-refractivity contribution < 1.29 is 0 Å². The van der Waals surface area contributed by atoms with Gasteiger partial charge in [0.05, 0.1) is 6.04 Å². The van der Waals surface area contributed by atoms with Crippen LogP contribution >= 0.6 is 0 Å². The molecule has 1 aliphatic heterocycles. The van der Waals surface area contributed by atoms with E-state index >= 15 is 0 Å². The number of rotatable bonds is 1. The minimum Gasteiger partial charge on any atom is -0.319 e. The van der Waals surface area contributed by atoms with E-state index in [0.717, 1.165) is 17.8 Å². The zero-order valence-electron chi connectivity index (χ0n) is 9.89. The monoisotopic (exact) mass is 220 g/mol. The van der Waals surface area contributed by atoms with Gasteiger partial charge in [-0.2, -0.15) is 0 Å². The van der Waals surface area contributed by atoms with Crippen LogP contribution in [-0.2, 0) is 7.05 Å². The molecule has 2 aliphatic rings. The lowest BCUT2D eigenvalue weighted by atomic mass is 9.77. The quantitative estimate of drug-likeness (QED) is 0.784. The van der Waals surface area contributed by atoms with Crippen molar-refractivity contribution in [2.24, 2.45) is 13.0 Å². The second-order valence-electron chi connectivity index (χ2n) is 5.25. The maximum atomic E-state index is 4.23. The van der Waals surface area contributed by atoms with Gasteiger partial charge in [-0.05, 0) is 31.6 Å². The highest BCUT2D eigenvalue weighted by Gasteiger charge is 2.33. The third-order valence-electron chi connectivity index (χ3n) is 4.21. The molecule has 2 heterocycles. The molecule has 88 valence electrons. The van der Waals surface area contributed by atoms with E-state index in [2.05, 4.69) is 15.5 Å². The first-order valence-corrected chi connectivity index (χ1v) is 6.44. The topological polar surface area (TPSA) is 42.7 Å². The van der Waals surface area contributed by atoms with Gasteiger partial charge in [0, 0.05) is 13.1 Å². The molecule has 1 saturated carbocycles. The van der Waals surface area contributed by atoms with Gasteiger partial charge in [-0.3, -0.25) is 0 Å². The molecule has 1 aromatic rings. The summed E-state index contributed by atoms with van der Waals surface area (Å²) in [5.41, 5.74) is 0. The Bertz CT molecular complexity index is 360. The highest BCUT2D eigenvalue weighted by atomic mass is 15.3. The van der Waals surface area contributed by atoms with E-state index in [0.29, 0.717) is 6.04 Å². The molecule has 4 heteroatoms. The second-order valence-corrected chi connectivity index (χ2v) is 5.25. The minimum absolute atomic E-state index is 0.423. The standard InChI is InChI=1S/C12H20N4/c1-16-8-13-15-12(16)11-7-6-9-4-2-3-5-10(9)14-11/h8-11,14H,2-7H2,1H3. The second kappa shape index (κ2) is 4.17. The van der Waals surface area contributed by atoms with Crippen LogP contribution in [0.2, 0.25) is 0 Å². The number of piperidine rings is 1. The van der Waals surface area contributed by atoms with Gasteiger partial charge in [-0.1, -0.05) is 12.8 Å². The number of aromatic nitrogens is 3. The highest BCUT2D eigenvalue weighted by Crippen LogP contribution is 2.35. The fourth-order valence-corrected chi connectivity index (χ4v) is 3.31. The first-order valence-electron chi connectivity index (χ1n) is 6.44. The maximum absolute atomic E-state index is 4.23. The molecule has 1 aromatic heterocycles. The Labute approximate surface area is 96.4 Å². The van der Waals surface area contributed by atoms with Crippen molar-refractivity contribution in [2.45, 2.75) is 50.6 Å². The maximum Gasteiger partial charge on any atom is 0.149 e. The van der Waals surface area contributed by atoms with Gasteiger partial charge < -0.3 is 9.88 Å². The molecule has 0 radical (unpaired) electrons. The van der Waals surface area contributed by atoms with E-state index in [1.807, 2.05) is 11.6 Å². The van der Waals surface area contributed by atoms with Crippen molar-refractivity contribution in [2.75, 3.05) is 0 Å². The zero-order chi connectivity index (χ0) is 11.0. The Kier molecular flexibility index (Phi) is 2.67. The van der Waals surface area contributed by atoms with Crippen LogP contribution in [0.5, 0.6) is 0 Å². The van der Waals surface area contributed by atoms with E-state index in [4.69, 9.17) is 0 Å². The average Bonchev–Trinajstić information content (AvgIpc) is 2.75. The van der Waals surface area contributed by atoms with Gasteiger partial charge in [0.15, 0.2) is 0 Å². The molecule has 0 amide bonds. The number of nitrogens with one attached hydrogen (secondary N) is 1. The third kappa shape index (κ3) is 1.75. The van der Waals surface area contributed by atoms with E-state index in [-0.39, 0.29) is 0 Å². The van der Waals surface area contributed by atoms with E-state index in [9.17, 15) is 0 Å². The Morgan fingerprint density at radius 3 is 2.94 bits per heavy atom. The molecule has 1 N–H and O–H groups in total. The van der Waals surface area contributed by atoms with Crippen molar-refractivity contribution in [1.29, 1.82) is 0 Å². The molecular weight excluding hydrogens is 200 g/mol. The third-order valence-corrected chi connectivity index (χ3v) is 4.21. The Balaban J connectivity index is 1.73. The molecule has 0 bridgehead atoms. The summed E-state index contributed by atoms with van der Waals surface area (Å²) in [6.45, 7) is 0. The van der Waals surface area contributed by atoms with E-state index < -0.39 is 0 Å². The summed E-state index contributed by atoms with van der Waals surface area (Å²) in [4.78, 5) is 0. The van der Waals surface area contributed by atoms with E-state index in [1.165, 1.54) is 38.5 Å². The van der Waals surface area contributed by atoms with Gasteiger partial charge >= 0.3 is 0 Å². The fraction of sp³-hybridized carbons (Fsp3) is 0.833. The van der Waals surface area contributed by atoms with E-state index in [1.54, 1.807) is 6.33 Å². The van der Waals surface area contributed by atoms with Gasteiger partial charge in [0.2, 0.25) is 0 Å². The van der Waals surface area contributed by atoms with Crippen LogP contribution in [0.3, 0.4) is 0 Å². The van der Waals surface area contributed by atoms with Crippen LogP contribution in [0.4, 0.5) is 0 Å². The molecule has 0 aromatic carbocycles. The molecule has 1 aliphatic carbocycles. The normalized spacial score (nSPS) is 34.7. The van der Waals surface area contributed by atoms with Crippen molar-refractivity contribution >= 4 is 0 Å². The molecule has 4 nitrogen and oxygen atoms in total. The number of nitrogens with zero attached hydrogens (tertiary/aromatic N) is 3. The Morgan fingerprint density at radius 1 is 1.25 bits per heavy atom. The summed E-state index contributed by atoms with van der Waals surface area (Å²) in [6.07, 6.45) is 9.95. The van der Waals surface area contributed by atoms with Gasteiger partial charge in [-0.15, -0.1) is 10.2 Å². The van der Waals surface area contributed by atoms with Crippen molar-refractivity contribution in [3.05, 3.63) is 12.2 Å². The lowest BCUT2D eigenvalue weighted by Crippen LogP contribution is -2.45. The van der Waals surface area contributed by atoms with Crippen molar-refractivity contribution in [1.82, 2.24) is 20.1 Å². The molecule has 16 heavy (non-hydrogen) atoms. The fourth-order valence-electron chi connectivity index (χ4n) is 3.31. The number of hydrogen-bond donors (Lipinski definition) is 1. The molecule has 3 unspecified atom stereocenters. The van der Waals surface area contributed by atoms with Crippen molar-refractivity contribution in [3.63, 3.8) is 0 Å². The highest BCUT2D eigenvalue weighted by molar-refractivity contribution is 5.00. The Morgan fingerprint density at radius 2 is 2.12 bits per heavy atom. The number of fused-ring (bicyclic) bond motifs is 1. The molecule has 3 atom stereocenters. The zero-order valence-corrected chi connectivity index (χ0v) is 9.89. The lowest BCUT2D eigenvalue weighted by molar-refractivity contribution is 0.172. The molecular formula is C12H20N4. The van der Waals surface area contributed by atoms with Crippen molar-refractivity contribution in [3.8, 4) is 0 Å². The van der Waals surface area contributed by atoms with Crippen LogP contribution in [0.1, 0.15) is 50.4 Å². The number of aryl methyl sites for hydroxylation is 1. The Hall–Kier alpha value is -0.900. The summed E-state index contributed by atoms with van der Waals surface area (Å²) < 4.78 is 2.04. The van der Waals surface area contributed by atoms with Gasteiger partial charge in [0.25, 0.3) is 0 Å². The van der Waals surface area contributed by atoms with Crippen LogP contribution in [0.25, 0.3) is 0 Å². The van der Waals surface area contributed by atoms with Crippen LogP contribution < -0.4 is 5.32 Å². The summed E-state index contributed by atoms with van der Waals surface area (Å²) in [7, 11) is 2.03. The SMILES string of the molecule is Cn1cnnc1C1CCC2CCCCC2N1. The summed E-state index contributed by atoms with van der Waals surface area (Å²) >= 11 is 0. The molecule has 2 fully saturated rings. The minimum atomic E-state index is 0.423. The first kappa shape index (κ1) is 10.3. The molecule has 3 rings (SSSR count). The predicted octanol–water partition coefficient (Wildman–Crippen LogP) is 1.80. The smallest absolute Gasteiger partial charge is 0.149 e. The van der Waals surface area contributed by atoms with Gasteiger partial charge in [-0.25, -0.2) is 0 Å². The summed E-state index contributed by atoms with van der Waals surface area (Å²) in [5, 5.41) is 12.0. The largest absolute Gasteiger partial charge is 0.319 e. The molecule has 0 spiro atoms. The van der Waals surface area contributed by atoms with Crippen LogP contribution in [0.15, 0.2) is 6.33 Å². The van der Waals surface area contributed by atoms with Gasteiger partial charge in [0.1, 0.15) is 12.2 Å². The summed E-state index contributed by atoms with van der Waals surface area (Å²) in [6, 6.07) is 1.15. The van der Waals surface area contributed by atoms with Crippen LogP contribution in [-0.4, -0.2) is 20.8 Å². The predicted molar refractivity (Wildman–Crippen MR) is 61.9 cm³/mol. The molecule has 1 saturated heterocycles. The summed E-state index contributed by atoms with van der Waals surface area (Å²) in [5.74, 6) is 2.02. The van der Waals surface area contributed by atoms with Crippen LogP contribution in [0, 0.1) is 5.92 Å². The lowest BCUT2D eigenvalue weighted by Gasteiger charge is -2.40.